The SMILES string of the molecule is CC(C)N1Cc2nn(-c3ccccc3Cl)c(-c3ccc(CO)cc3)c2C1=O. The lowest BCUT2D eigenvalue weighted by Gasteiger charge is -2.21. The number of fused-ring (bicyclic) bond motifs is 1. The number of carbonyl (C=O) groups is 1. The molecule has 1 N–H and O–H groups in total. The number of carbonyl (C=O) groups excluding carboxylic acids is 1. The van der Waals surface area contributed by atoms with Crippen molar-refractivity contribution in [2.75, 3.05) is 0 Å². The van der Waals surface area contributed by atoms with Crippen LogP contribution in [0, 0.1) is 0 Å². The number of hydrogen-bond donors (Lipinski definition) is 1. The molecule has 3 aromatic rings. The third-order valence-corrected chi connectivity index (χ3v) is 5.19. The first-order valence-electron chi connectivity index (χ1n) is 8.89. The third kappa shape index (κ3) is 2.93. The molecule has 1 aromatic heterocycles. The molecule has 0 saturated carbocycles. The molecule has 0 aliphatic carbocycles. The molecular weight excluding hydrogens is 362 g/mol. The molecule has 27 heavy (non-hydrogen) atoms. The van der Waals surface area contributed by atoms with Gasteiger partial charge in [-0.25, -0.2) is 4.68 Å². The Morgan fingerprint density at radius 2 is 1.85 bits per heavy atom. The maximum absolute atomic E-state index is 13.1. The lowest BCUT2D eigenvalue weighted by atomic mass is 10.0. The Balaban J connectivity index is 1.94. The second-order valence-corrected chi connectivity index (χ2v) is 7.32. The van der Waals surface area contributed by atoms with Gasteiger partial charge in [0.15, 0.2) is 0 Å². The van der Waals surface area contributed by atoms with Gasteiger partial charge in [0, 0.05) is 11.6 Å². The van der Waals surface area contributed by atoms with Crippen molar-refractivity contribution in [2.45, 2.75) is 33.0 Å². The van der Waals surface area contributed by atoms with Gasteiger partial charge in [-0.3, -0.25) is 4.79 Å². The zero-order valence-corrected chi connectivity index (χ0v) is 15.9. The zero-order chi connectivity index (χ0) is 19.1. The normalized spacial score (nSPS) is 13.5. The molecular formula is C21H20ClN3O2. The number of amides is 1. The van der Waals surface area contributed by atoms with Crippen LogP contribution in [0.2, 0.25) is 5.02 Å². The van der Waals surface area contributed by atoms with Crippen LogP contribution in [0.3, 0.4) is 0 Å². The van der Waals surface area contributed by atoms with Crippen LogP contribution in [0.5, 0.6) is 0 Å². The van der Waals surface area contributed by atoms with Crippen LogP contribution in [-0.4, -0.2) is 31.7 Å². The van der Waals surface area contributed by atoms with E-state index in [-0.39, 0.29) is 18.6 Å². The Labute approximate surface area is 162 Å². The van der Waals surface area contributed by atoms with Gasteiger partial charge in [-0.05, 0) is 31.5 Å². The van der Waals surface area contributed by atoms with Crippen molar-refractivity contribution in [3.8, 4) is 16.9 Å². The molecule has 0 atom stereocenters. The van der Waals surface area contributed by atoms with Crippen LogP contribution in [0.15, 0.2) is 48.5 Å². The topological polar surface area (TPSA) is 58.4 Å². The summed E-state index contributed by atoms with van der Waals surface area (Å²) in [7, 11) is 0. The van der Waals surface area contributed by atoms with Crippen LogP contribution < -0.4 is 0 Å². The summed E-state index contributed by atoms with van der Waals surface area (Å²) in [4.78, 5) is 14.9. The van der Waals surface area contributed by atoms with Gasteiger partial charge in [-0.1, -0.05) is 48.0 Å². The van der Waals surface area contributed by atoms with Gasteiger partial charge in [-0.2, -0.15) is 5.10 Å². The van der Waals surface area contributed by atoms with Gasteiger partial charge in [0.05, 0.1) is 40.8 Å². The predicted octanol–water partition coefficient (Wildman–Crippen LogP) is 4.05. The Hall–Kier alpha value is -2.63. The second-order valence-electron chi connectivity index (χ2n) is 6.92. The van der Waals surface area contributed by atoms with Gasteiger partial charge in [-0.15, -0.1) is 0 Å². The van der Waals surface area contributed by atoms with Gasteiger partial charge >= 0.3 is 0 Å². The van der Waals surface area contributed by atoms with Crippen LogP contribution >= 0.6 is 11.6 Å². The number of hydrogen-bond acceptors (Lipinski definition) is 3. The summed E-state index contributed by atoms with van der Waals surface area (Å²) in [5.41, 5.74) is 4.53. The number of para-hydroxylation sites is 1. The monoisotopic (exact) mass is 381 g/mol. The highest BCUT2D eigenvalue weighted by Gasteiger charge is 2.36. The van der Waals surface area contributed by atoms with Crippen molar-refractivity contribution < 1.29 is 9.90 Å². The fourth-order valence-electron chi connectivity index (χ4n) is 3.42. The zero-order valence-electron chi connectivity index (χ0n) is 15.2. The van der Waals surface area contributed by atoms with E-state index in [1.807, 2.05) is 67.3 Å². The molecule has 6 heteroatoms. The van der Waals surface area contributed by atoms with E-state index in [9.17, 15) is 9.90 Å². The number of rotatable bonds is 4. The Morgan fingerprint density at radius 1 is 1.15 bits per heavy atom. The lowest BCUT2D eigenvalue weighted by Crippen LogP contribution is -2.31. The first-order chi connectivity index (χ1) is 13.0. The Bertz CT molecular complexity index is 1010. The third-order valence-electron chi connectivity index (χ3n) is 4.87. The molecule has 1 aliphatic rings. The summed E-state index contributed by atoms with van der Waals surface area (Å²) in [5, 5.41) is 14.6. The molecule has 2 heterocycles. The van der Waals surface area contributed by atoms with Gasteiger partial charge < -0.3 is 10.0 Å². The molecule has 1 aliphatic heterocycles. The first kappa shape index (κ1) is 17.8. The van der Waals surface area contributed by atoms with Crippen LogP contribution in [-0.2, 0) is 13.2 Å². The Kier molecular flexibility index (Phi) is 4.50. The smallest absolute Gasteiger partial charge is 0.258 e. The summed E-state index contributed by atoms with van der Waals surface area (Å²) in [6.45, 7) is 4.47. The quantitative estimate of drug-likeness (QED) is 0.741. The molecule has 2 aromatic carbocycles. The van der Waals surface area contributed by atoms with E-state index in [1.54, 1.807) is 4.68 Å². The number of aliphatic hydroxyl groups excluding tert-OH is 1. The van der Waals surface area contributed by atoms with Crippen LogP contribution in [0.1, 0.15) is 35.5 Å². The molecule has 0 bridgehead atoms. The minimum Gasteiger partial charge on any atom is -0.392 e. The van der Waals surface area contributed by atoms with E-state index < -0.39 is 0 Å². The summed E-state index contributed by atoms with van der Waals surface area (Å²) in [5.74, 6) is -0.0143. The fourth-order valence-corrected chi connectivity index (χ4v) is 3.64. The largest absolute Gasteiger partial charge is 0.392 e. The fraction of sp³-hybridized carbons (Fsp3) is 0.238. The maximum atomic E-state index is 13.1. The number of aliphatic hydroxyl groups is 1. The molecule has 4 rings (SSSR count). The molecule has 0 unspecified atom stereocenters. The van der Waals surface area contributed by atoms with Gasteiger partial charge in [0.25, 0.3) is 5.91 Å². The van der Waals surface area contributed by atoms with Gasteiger partial charge in [0.1, 0.15) is 0 Å². The average molecular weight is 382 g/mol. The number of halogens is 1. The number of aromatic nitrogens is 2. The molecule has 5 nitrogen and oxygen atoms in total. The van der Waals surface area contributed by atoms with E-state index in [2.05, 4.69) is 0 Å². The van der Waals surface area contributed by atoms with Crippen molar-refractivity contribution in [3.05, 3.63) is 70.4 Å². The summed E-state index contributed by atoms with van der Waals surface area (Å²) < 4.78 is 1.76. The van der Waals surface area contributed by atoms with E-state index >= 15 is 0 Å². The molecule has 0 saturated heterocycles. The van der Waals surface area contributed by atoms with E-state index in [0.29, 0.717) is 17.1 Å². The molecule has 1 amide bonds. The van der Waals surface area contributed by atoms with Crippen LogP contribution in [0.25, 0.3) is 16.9 Å². The van der Waals surface area contributed by atoms with Crippen molar-refractivity contribution in [1.82, 2.24) is 14.7 Å². The van der Waals surface area contributed by atoms with Crippen molar-refractivity contribution in [1.29, 1.82) is 0 Å². The minimum atomic E-state index is -0.0256. The highest BCUT2D eigenvalue weighted by Crippen LogP contribution is 2.36. The molecule has 0 radical (unpaired) electrons. The van der Waals surface area contributed by atoms with Gasteiger partial charge in [0.2, 0.25) is 0 Å². The van der Waals surface area contributed by atoms with E-state index in [4.69, 9.17) is 16.7 Å². The first-order valence-corrected chi connectivity index (χ1v) is 9.27. The maximum Gasteiger partial charge on any atom is 0.258 e. The lowest BCUT2D eigenvalue weighted by molar-refractivity contribution is 0.0729. The van der Waals surface area contributed by atoms with E-state index in [0.717, 1.165) is 28.2 Å². The van der Waals surface area contributed by atoms with E-state index in [1.165, 1.54) is 0 Å². The second kappa shape index (κ2) is 6.83. The predicted molar refractivity (Wildman–Crippen MR) is 105 cm³/mol. The van der Waals surface area contributed by atoms with Crippen LogP contribution in [0.4, 0.5) is 0 Å². The van der Waals surface area contributed by atoms with Crippen molar-refractivity contribution in [3.63, 3.8) is 0 Å². The highest BCUT2D eigenvalue weighted by atomic mass is 35.5. The highest BCUT2D eigenvalue weighted by molar-refractivity contribution is 6.32. The Morgan fingerprint density at radius 3 is 2.48 bits per heavy atom. The standard InChI is InChI=1S/C21H20ClN3O2/c1-13(2)24-11-17-19(21(24)27)20(15-9-7-14(12-26)8-10-15)25(23-17)18-6-4-3-5-16(18)22/h3-10,13,26H,11-12H2,1-2H3. The molecule has 138 valence electrons. The summed E-state index contributed by atoms with van der Waals surface area (Å²) in [6, 6.07) is 15.1. The molecule has 0 fully saturated rings. The summed E-state index contributed by atoms with van der Waals surface area (Å²) in [6.07, 6.45) is 0. The van der Waals surface area contributed by atoms with Crippen molar-refractivity contribution >= 4 is 17.5 Å². The number of benzene rings is 2. The average Bonchev–Trinajstić information content (AvgIpc) is 3.19. The summed E-state index contributed by atoms with van der Waals surface area (Å²) >= 11 is 6.41. The number of nitrogens with zero attached hydrogens (tertiary/aromatic N) is 3. The molecule has 0 spiro atoms. The minimum absolute atomic E-state index is 0.0143. The van der Waals surface area contributed by atoms with Crippen molar-refractivity contribution in [2.24, 2.45) is 0 Å².